The van der Waals surface area contributed by atoms with E-state index in [2.05, 4.69) is 29.4 Å². The van der Waals surface area contributed by atoms with Gasteiger partial charge in [0.25, 0.3) is 0 Å². The van der Waals surface area contributed by atoms with Crippen LogP contribution in [0, 0.1) is 0 Å². The van der Waals surface area contributed by atoms with E-state index in [0.29, 0.717) is 24.4 Å². The fraction of sp³-hybridized carbons (Fsp3) is 0.130. The Kier molecular flexibility index (Phi) is 5.94. The third-order valence-electron chi connectivity index (χ3n) is 4.07. The Balaban J connectivity index is 1.83. The predicted octanol–water partition coefficient (Wildman–Crippen LogP) is 4.95. The molecular weight excluding hydrogens is 320 g/mol. The zero-order valence-corrected chi connectivity index (χ0v) is 14.9. The number of nitrogens with zero attached hydrogens (tertiary/aromatic N) is 2. The summed E-state index contributed by atoms with van der Waals surface area (Å²) in [7, 11) is 0. The highest BCUT2D eigenvalue weighted by molar-refractivity contribution is 6.45. The lowest BCUT2D eigenvalue weighted by Gasteiger charge is -2.20. The lowest BCUT2D eigenvalue weighted by atomic mass is 10.1. The molecule has 0 fully saturated rings. The first-order valence-corrected chi connectivity index (χ1v) is 8.70. The molecular formula is C23H22N2O. The number of Topliss-reactive ketones (excluding diaryl/α,β-unsaturated/α-hetero) is 1. The molecule has 130 valence electrons. The van der Waals surface area contributed by atoms with Crippen molar-refractivity contribution in [1.82, 2.24) is 5.01 Å². The molecule has 3 nitrogen and oxygen atoms in total. The maximum absolute atomic E-state index is 12.6. The molecule has 0 saturated carbocycles. The van der Waals surface area contributed by atoms with Crippen LogP contribution in [-0.4, -0.2) is 16.5 Å². The fourth-order valence-electron chi connectivity index (χ4n) is 2.77. The van der Waals surface area contributed by atoms with Gasteiger partial charge in [-0.25, -0.2) is 0 Å². The normalized spacial score (nSPS) is 11.2. The third kappa shape index (κ3) is 4.90. The van der Waals surface area contributed by atoms with Crippen molar-refractivity contribution in [2.45, 2.75) is 20.0 Å². The maximum Gasteiger partial charge on any atom is 0.208 e. The van der Waals surface area contributed by atoms with Gasteiger partial charge >= 0.3 is 0 Å². The van der Waals surface area contributed by atoms with Crippen LogP contribution in [0.25, 0.3) is 0 Å². The minimum Gasteiger partial charge on any atom is -0.288 e. The number of carbonyl (C=O) groups is 1. The maximum atomic E-state index is 12.6. The molecule has 0 heterocycles. The molecule has 0 radical (unpaired) electrons. The second kappa shape index (κ2) is 8.77. The van der Waals surface area contributed by atoms with E-state index in [4.69, 9.17) is 0 Å². The van der Waals surface area contributed by atoms with Gasteiger partial charge in [-0.15, -0.1) is 0 Å². The molecule has 0 bridgehead atoms. The van der Waals surface area contributed by atoms with E-state index in [0.717, 1.165) is 11.1 Å². The predicted molar refractivity (Wildman–Crippen MR) is 106 cm³/mol. The van der Waals surface area contributed by atoms with Crippen molar-refractivity contribution in [3.8, 4) is 0 Å². The summed E-state index contributed by atoms with van der Waals surface area (Å²) in [6, 6.07) is 29.6. The zero-order chi connectivity index (χ0) is 18.2. The van der Waals surface area contributed by atoms with Crippen LogP contribution in [0.5, 0.6) is 0 Å². The summed E-state index contributed by atoms with van der Waals surface area (Å²) in [6.45, 7) is 3.07. The minimum atomic E-state index is -0.0447. The van der Waals surface area contributed by atoms with Crippen LogP contribution >= 0.6 is 0 Å². The molecule has 0 amide bonds. The van der Waals surface area contributed by atoms with Crippen molar-refractivity contribution in [3.05, 3.63) is 108 Å². The Labute approximate surface area is 154 Å². The molecule has 3 heteroatoms. The molecule has 0 aromatic heterocycles. The minimum absolute atomic E-state index is 0.0447. The molecule has 0 unspecified atom stereocenters. The Hall–Kier alpha value is -3.20. The number of carbonyl (C=O) groups excluding carboxylic acids is 1. The molecule has 3 rings (SSSR count). The molecule has 0 N–H and O–H groups in total. The van der Waals surface area contributed by atoms with Crippen molar-refractivity contribution in [2.75, 3.05) is 0 Å². The Morgan fingerprint density at radius 3 is 1.62 bits per heavy atom. The first kappa shape index (κ1) is 17.6. The van der Waals surface area contributed by atoms with Gasteiger partial charge < -0.3 is 0 Å². The Bertz CT molecular complexity index is 817. The summed E-state index contributed by atoms with van der Waals surface area (Å²) in [5, 5.41) is 6.59. The summed E-state index contributed by atoms with van der Waals surface area (Å²) in [5.41, 5.74) is 3.47. The Morgan fingerprint density at radius 2 is 1.15 bits per heavy atom. The van der Waals surface area contributed by atoms with Gasteiger partial charge in [-0.1, -0.05) is 91.0 Å². The van der Waals surface area contributed by atoms with Gasteiger partial charge in [-0.3, -0.25) is 9.80 Å². The number of ketones is 1. The van der Waals surface area contributed by atoms with Crippen molar-refractivity contribution in [2.24, 2.45) is 5.10 Å². The van der Waals surface area contributed by atoms with E-state index >= 15 is 0 Å². The second-order valence-electron chi connectivity index (χ2n) is 6.17. The summed E-state index contributed by atoms with van der Waals surface area (Å²) in [4.78, 5) is 12.6. The van der Waals surface area contributed by atoms with Gasteiger partial charge in [-0.05, 0) is 18.1 Å². The number of hydrogen-bond donors (Lipinski definition) is 0. The second-order valence-corrected chi connectivity index (χ2v) is 6.17. The number of hydrazone groups is 1. The Morgan fingerprint density at radius 1 is 0.731 bits per heavy atom. The van der Waals surface area contributed by atoms with Crippen LogP contribution in [0.2, 0.25) is 0 Å². The SMILES string of the molecule is C/C(=N\N(Cc1ccccc1)Cc1ccccc1)C(=O)c1ccccc1. The van der Waals surface area contributed by atoms with Crippen molar-refractivity contribution in [1.29, 1.82) is 0 Å². The van der Waals surface area contributed by atoms with Gasteiger partial charge in [0, 0.05) is 5.56 Å². The average Bonchev–Trinajstić information content (AvgIpc) is 2.69. The summed E-state index contributed by atoms with van der Waals surface area (Å²) in [5.74, 6) is -0.0447. The van der Waals surface area contributed by atoms with E-state index in [9.17, 15) is 4.79 Å². The van der Waals surface area contributed by atoms with E-state index in [-0.39, 0.29) is 5.78 Å². The van der Waals surface area contributed by atoms with Crippen LogP contribution in [0.15, 0.2) is 96.1 Å². The standard InChI is InChI=1S/C23H22N2O/c1-19(23(26)22-15-9-4-10-16-22)24-25(17-20-11-5-2-6-12-20)18-21-13-7-3-8-14-21/h2-16H,17-18H2,1H3/b24-19+. The molecule has 0 atom stereocenters. The molecule has 3 aromatic carbocycles. The van der Waals surface area contributed by atoms with E-state index < -0.39 is 0 Å². The van der Waals surface area contributed by atoms with Gasteiger partial charge in [0.05, 0.1) is 13.1 Å². The van der Waals surface area contributed by atoms with Crippen molar-refractivity contribution in [3.63, 3.8) is 0 Å². The van der Waals surface area contributed by atoms with Crippen LogP contribution < -0.4 is 0 Å². The first-order chi connectivity index (χ1) is 12.7. The van der Waals surface area contributed by atoms with Crippen LogP contribution in [0.3, 0.4) is 0 Å². The topological polar surface area (TPSA) is 32.7 Å². The monoisotopic (exact) mass is 342 g/mol. The summed E-state index contributed by atoms with van der Waals surface area (Å²) < 4.78 is 0. The summed E-state index contributed by atoms with van der Waals surface area (Å²) in [6.07, 6.45) is 0. The smallest absolute Gasteiger partial charge is 0.208 e. The molecule has 0 aliphatic rings. The summed E-state index contributed by atoms with van der Waals surface area (Å²) >= 11 is 0. The lowest BCUT2D eigenvalue weighted by molar-refractivity contribution is 0.106. The third-order valence-corrected chi connectivity index (χ3v) is 4.07. The highest BCUT2D eigenvalue weighted by atomic mass is 16.1. The van der Waals surface area contributed by atoms with E-state index in [1.807, 2.05) is 71.7 Å². The molecule has 0 aliphatic heterocycles. The van der Waals surface area contributed by atoms with Crippen LogP contribution in [0.4, 0.5) is 0 Å². The van der Waals surface area contributed by atoms with Gasteiger partial charge in [0.1, 0.15) is 5.71 Å². The van der Waals surface area contributed by atoms with Crippen molar-refractivity contribution < 1.29 is 4.79 Å². The quantitative estimate of drug-likeness (QED) is 0.346. The number of hydrogen-bond acceptors (Lipinski definition) is 3. The molecule has 3 aromatic rings. The molecule has 0 saturated heterocycles. The van der Waals surface area contributed by atoms with E-state index in [1.165, 1.54) is 0 Å². The van der Waals surface area contributed by atoms with E-state index in [1.54, 1.807) is 6.92 Å². The molecule has 0 aliphatic carbocycles. The number of benzene rings is 3. The average molecular weight is 342 g/mol. The molecule has 26 heavy (non-hydrogen) atoms. The van der Waals surface area contributed by atoms with Gasteiger partial charge in [0.15, 0.2) is 0 Å². The number of rotatable bonds is 7. The lowest BCUT2D eigenvalue weighted by Crippen LogP contribution is -2.21. The largest absolute Gasteiger partial charge is 0.288 e. The van der Waals surface area contributed by atoms with Crippen LogP contribution in [0.1, 0.15) is 28.4 Å². The highest BCUT2D eigenvalue weighted by Crippen LogP contribution is 2.12. The molecule has 0 spiro atoms. The van der Waals surface area contributed by atoms with Gasteiger partial charge in [0.2, 0.25) is 5.78 Å². The fourth-order valence-corrected chi connectivity index (χ4v) is 2.77. The van der Waals surface area contributed by atoms with Crippen LogP contribution in [-0.2, 0) is 13.1 Å². The first-order valence-electron chi connectivity index (χ1n) is 8.70. The highest BCUT2D eigenvalue weighted by Gasteiger charge is 2.12. The van der Waals surface area contributed by atoms with Gasteiger partial charge in [-0.2, -0.15) is 5.10 Å². The zero-order valence-electron chi connectivity index (χ0n) is 14.9. The van der Waals surface area contributed by atoms with Crippen molar-refractivity contribution >= 4 is 11.5 Å².